The Morgan fingerprint density at radius 1 is 0.897 bits per heavy atom. The normalized spacial score (nSPS) is 22.9. The molecule has 1 aliphatic carbocycles. The lowest BCUT2D eigenvalue weighted by Gasteiger charge is -2.27. The number of carbonyl (C=O) groups excluding carboxylic acids is 5. The average molecular weight is 564 g/mol. The van der Waals surface area contributed by atoms with E-state index < -0.39 is 52.9 Å². The third-order valence-electron chi connectivity index (χ3n) is 7.43. The summed E-state index contributed by atoms with van der Waals surface area (Å²) >= 11 is 12.3. The highest BCUT2D eigenvalue weighted by Crippen LogP contribution is 2.58. The van der Waals surface area contributed by atoms with Crippen molar-refractivity contribution in [2.75, 3.05) is 11.5 Å². The Labute approximate surface area is 232 Å². The van der Waals surface area contributed by atoms with Gasteiger partial charge in [0.15, 0.2) is 0 Å². The Morgan fingerprint density at radius 2 is 1.54 bits per heavy atom. The van der Waals surface area contributed by atoms with Crippen LogP contribution in [-0.4, -0.2) is 41.6 Å². The van der Waals surface area contributed by atoms with Gasteiger partial charge in [0.25, 0.3) is 0 Å². The first-order valence-electron chi connectivity index (χ1n) is 12.2. The molecule has 3 aromatic rings. The molecule has 2 aliphatic heterocycles. The van der Waals surface area contributed by atoms with Crippen LogP contribution in [-0.2, 0) is 19.1 Å². The second-order valence-corrected chi connectivity index (χ2v) is 10.2. The van der Waals surface area contributed by atoms with Crippen molar-refractivity contribution in [1.82, 2.24) is 0 Å². The van der Waals surface area contributed by atoms with E-state index in [1.807, 2.05) is 0 Å². The highest BCUT2D eigenvalue weighted by atomic mass is 35.5. The van der Waals surface area contributed by atoms with Crippen molar-refractivity contribution >= 4 is 58.2 Å². The number of esters is 1. The zero-order chi connectivity index (χ0) is 27.6. The molecule has 1 spiro atoms. The van der Waals surface area contributed by atoms with Crippen molar-refractivity contribution < 1.29 is 33.4 Å². The predicted octanol–water partition coefficient (Wildman–Crippen LogP) is 4.87. The van der Waals surface area contributed by atoms with Gasteiger partial charge in [0.1, 0.15) is 0 Å². The van der Waals surface area contributed by atoms with Crippen LogP contribution in [0.2, 0.25) is 10.0 Å². The monoisotopic (exact) mass is 563 g/mol. The van der Waals surface area contributed by atoms with Crippen LogP contribution < -0.4 is 4.90 Å². The maximum Gasteiger partial charge on any atom is 0.338 e. The van der Waals surface area contributed by atoms with E-state index in [0.717, 1.165) is 4.90 Å². The lowest BCUT2D eigenvalue weighted by molar-refractivity contribution is -0.127. The number of fused-ring (bicyclic) bond motifs is 3. The Hall–Kier alpha value is -3.85. The standard InChI is InChI=1S/C29H19Cl2NO7/c1-2-38-28(37)14-7-10-16(11-8-14)32-26(35)21-22(27(32)36)29(24(33)17-5-3-4-6-18(17)25(29)34)39-23(21)15-9-12-19(30)20(31)13-15/h3-13,21-23H,2H2,1H3/t21-,22+,23-/m0/s1. The Balaban J connectivity index is 1.48. The van der Waals surface area contributed by atoms with Crippen molar-refractivity contribution in [3.8, 4) is 0 Å². The SMILES string of the molecule is CCOC(=O)c1ccc(N2C(=O)[C@@H]3[C@H](c4ccc(Cl)c(Cl)c4)OC4(C(=O)c5ccccc5C4=O)[C@H]3C2=O)cc1. The largest absolute Gasteiger partial charge is 0.462 e. The second kappa shape index (κ2) is 9.12. The van der Waals surface area contributed by atoms with Gasteiger partial charge in [-0.15, -0.1) is 0 Å². The summed E-state index contributed by atoms with van der Waals surface area (Å²) in [4.78, 5) is 68.6. The minimum Gasteiger partial charge on any atom is -0.462 e. The fourth-order valence-electron chi connectivity index (χ4n) is 5.72. The van der Waals surface area contributed by atoms with Crippen LogP contribution in [0.25, 0.3) is 0 Å². The molecular weight excluding hydrogens is 545 g/mol. The summed E-state index contributed by atoms with van der Waals surface area (Å²) in [7, 11) is 0. The maximum absolute atomic E-state index is 14.0. The number of rotatable bonds is 4. The zero-order valence-electron chi connectivity index (χ0n) is 20.4. The van der Waals surface area contributed by atoms with Crippen LogP contribution in [0.1, 0.15) is 49.7 Å². The number of ether oxygens (including phenoxy) is 2. The van der Waals surface area contributed by atoms with Gasteiger partial charge in [0.2, 0.25) is 29.0 Å². The molecule has 0 unspecified atom stereocenters. The third-order valence-corrected chi connectivity index (χ3v) is 8.17. The molecule has 3 aliphatic rings. The number of hydrogen-bond acceptors (Lipinski definition) is 7. The van der Waals surface area contributed by atoms with E-state index in [0.29, 0.717) is 5.56 Å². The smallest absolute Gasteiger partial charge is 0.338 e. The molecule has 0 saturated carbocycles. The van der Waals surface area contributed by atoms with E-state index in [9.17, 15) is 24.0 Å². The van der Waals surface area contributed by atoms with Gasteiger partial charge in [-0.25, -0.2) is 9.69 Å². The molecule has 10 heteroatoms. The number of nitrogens with zero attached hydrogens (tertiary/aromatic N) is 1. The molecule has 0 aromatic heterocycles. The molecule has 8 nitrogen and oxygen atoms in total. The lowest BCUT2D eigenvalue weighted by Crippen LogP contribution is -2.51. The number of anilines is 1. The summed E-state index contributed by atoms with van der Waals surface area (Å²) < 4.78 is 11.2. The van der Waals surface area contributed by atoms with Gasteiger partial charge in [-0.1, -0.05) is 53.5 Å². The van der Waals surface area contributed by atoms with E-state index in [4.69, 9.17) is 32.7 Å². The number of carbonyl (C=O) groups is 5. The van der Waals surface area contributed by atoms with Gasteiger partial charge in [-0.05, 0) is 48.9 Å². The molecule has 0 radical (unpaired) electrons. The highest BCUT2D eigenvalue weighted by Gasteiger charge is 2.74. The first kappa shape index (κ1) is 25.4. The van der Waals surface area contributed by atoms with Crippen molar-refractivity contribution in [2.45, 2.75) is 18.6 Å². The van der Waals surface area contributed by atoms with Gasteiger partial charge < -0.3 is 9.47 Å². The van der Waals surface area contributed by atoms with Crippen LogP contribution >= 0.6 is 23.2 Å². The molecule has 6 rings (SSSR count). The summed E-state index contributed by atoms with van der Waals surface area (Å²) in [6.45, 7) is 1.87. The highest BCUT2D eigenvalue weighted by molar-refractivity contribution is 6.42. The molecule has 0 bridgehead atoms. The third kappa shape index (κ3) is 3.52. The average Bonchev–Trinajstić information content (AvgIpc) is 3.50. The molecule has 2 fully saturated rings. The molecule has 0 N–H and O–H groups in total. The molecule has 3 atom stereocenters. The first-order valence-corrected chi connectivity index (χ1v) is 12.9. The zero-order valence-corrected chi connectivity index (χ0v) is 21.9. The summed E-state index contributed by atoms with van der Waals surface area (Å²) in [5.74, 6) is -5.87. The van der Waals surface area contributed by atoms with Gasteiger partial charge in [0, 0.05) is 11.1 Å². The van der Waals surface area contributed by atoms with Crippen molar-refractivity contribution in [1.29, 1.82) is 0 Å². The van der Waals surface area contributed by atoms with Crippen molar-refractivity contribution in [2.24, 2.45) is 11.8 Å². The van der Waals surface area contributed by atoms with E-state index in [-0.39, 0.29) is 39.0 Å². The van der Waals surface area contributed by atoms with Crippen LogP contribution in [0.15, 0.2) is 66.7 Å². The van der Waals surface area contributed by atoms with Gasteiger partial charge in [0.05, 0.1) is 45.8 Å². The molecule has 2 amide bonds. The first-order chi connectivity index (χ1) is 18.7. The van der Waals surface area contributed by atoms with Gasteiger partial charge >= 0.3 is 5.97 Å². The summed E-state index contributed by atoms with van der Waals surface area (Å²) in [6, 6.07) is 16.6. The van der Waals surface area contributed by atoms with Crippen LogP contribution in [0.5, 0.6) is 0 Å². The van der Waals surface area contributed by atoms with E-state index in [1.165, 1.54) is 48.5 Å². The summed E-state index contributed by atoms with van der Waals surface area (Å²) in [5, 5.41) is 0.452. The number of imide groups is 1. The summed E-state index contributed by atoms with van der Waals surface area (Å²) in [5.41, 5.74) is -1.12. The van der Waals surface area contributed by atoms with Gasteiger partial charge in [-0.3, -0.25) is 19.2 Å². The molecule has 196 valence electrons. The van der Waals surface area contributed by atoms with Crippen molar-refractivity contribution in [3.63, 3.8) is 0 Å². The van der Waals surface area contributed by atoms with Crippen LogP contribution in [0, 0.1) is 11.8 Å². The number of halogens is 2. The van der Waals surface area contributed by atoms with Crippen LogP contribution in [0.4, 0.5) is 5.69 Å². The van der Waals surface area contributed by atoms with Crippen LogP contribution in [0.3, 0.4) is 0 Å². The van der Waals surface area contributed by atoms with Crippen molar-refractivity contribution in [3.05, 3.63) is 99.0 Å². The fourth-order valence-corrected chi connectivity index (χ4v) is 6.03. The number of ketones is 2. The maximum atomic E-state index is 14.0. The second-order valence-electron chi connectivity index (χ2n) is 9.43. The molecule has 2 saturated heterocycles. The Bertz CT molecular complexity index is 1560. The fraction of sp³-hybridized carbons (Fsp3) is 0.207. The molecule has 2 heterocycles. The molecular formula is C29H19Cl2NO7. The van der Waals surface area contributed by atoms with E-state index in [2.05, 4.69) is 0 Å². The Kier molecular flexibility index (Phi) is 5.95. The molecule has 39 heavy (non-hydrogen) atoms. The number of Topliss-reactive ketones (excluding diaryl/α,β-unsaturated/α-hetero) is 2. The predicted molar refractivity (Wildman–Crippen MR) is 140 cm³/mol. The number of hydrogen-bond donors (Lipinski definition) is 0. The summed E-state index contributed by atoms with van der Waals surface area (Å²) in [6.07, 6.45) is -1.13. The minimum atomic E-state index is -2.21. The Morgan fingerprint density at radius 3 is 2.13 bits per heavy atom. The lowest BCUT2D eigenvalue weighted by atomic mass is 9.77. The minimum absolute atomic E-state index is 0.133. The molecule has 3 aromatic carbocycles. The topological polar surface area (TPSA) is 107 Å². The quantitative estimate of drug-likeness (QED) is 0.253. The van der Waals surface area contributed by atoms with Gasteiger partial charge in [-0.2, -0.15) is 0 Å². The van der Waals surface area contributed by atoms with E-state index >= 15 is 0 Å². The van der Waals surface area contributed by atoms with E-state index in [1.54, 1.807) is 25.1 Å². The number of benzene rings is 3. The number of amides is 2.